The molecule has 1 aromatic rings. The lowest BCUT2D eigenvalue weighted by Gasteiger charge is -2.32. The van der Waals surface area contributed by atoms with Crippen molar-refractivity contribution >= 4 is 17.6 Å². The minimum absolute atomic E-state index is 0.132. The molecule has 0 spiro atoms. The van der Waals surface area contributed by atoms with Crippen LogP contribution in [0.15, 0.2) is 18.2 Å². The SMILES string of the molecule is CCC1C(=O)NC(=O)CN1CC(=O)c1cc(F)ccc1F. The van der Waals surface area contributed by atoms with Crippen molar-refractivity contribution in [3.8, 4) is 0 Å². The fraction of sp³-hybridized carbons (Fsp3) is 0.357. The fourth-order valence-electron chi connectivity index (χ4n) is 2.31. The Bertz CT molecular complexity index is 604. The van der Waals surface area contributed by atoms with Crippen LogP contribution in [0.2, 0.25) is 0 Å². The molecule has 1 atom stereocenters. The van der Waals surface area contributed by atoms with Crippen molar-refractivity contribution in [2.75, 3.05) is 13.1 Å². The van der Waals surface area contributed by atoms with Gasteiger partial charge in [-0.3, -0.25) is 24.6 Å². The van der Waals surface area contributed by atoms with E-state index in [1.54, 1.807) is 6.92 Å². The summed E-state index contributed by atoms with van der Waals surface area (Å²) in [6.45, 7) is 1.28. The Morgan fingerprint density at radius 3 is 2.76 bits per heavy atom. The number of nitrogens with zero attached hydrogens (tertiary/aromatic N) is 1. The van der Waals surface area contributed by atoms with Crippen LogP contribution in [0.4, 0.5) is 8.78 Å². The number of benzene rings is 1. The summed E-state index contributed by atoms with van der Waals surface area (Å²) < 4.78 is 26.7. The van der Waals surface area contributed by atoms with Gasteiger partial charge in [-0.25, -0.2) is 8.78 Å². The summed E-state index contributed by atoms with van der Waals surface area (Å²) in [6.07, 6.45) is 0.401. The third-order valence-corrected chi connectivity index (χ3v) is 3.31. The number of Topliss-reactive ketones (excluding diaryl/α,β-unsaturated/α-hetero) is 1. The maximum Gasteiger partial charge on any atom is 0.243 e. The van der Waals surface area contributed by atoms with Crippen LogP contribution in [-0.2, 0) is 9.59 Å². The van der Waals surface area contributed by atoms with E-state index in [1.807, 2.05) is 0 Å². The molecule has 0 radical (unpaired) electrons. The quantitative estimate of drug-likeness (QED) is 0.662. The minimum Gasteiger partial charge on any atom is -0.294 e. The van der Waals surface area contributed by atoms with Gasteiger partial charge >= 0.3 is 0 Å². The first kappa shape index (κ1) is 15.2. The molecule has 1 saturated heterocycles. The van der Waals surface area contributed by atoms with E-state index in [4.69, 9.17) is 0 Å². The molecular weight excluding hydrogens is 282 g/mol. The van der Waals surface area contributed by atoms with E-state index in [-0.39, 0.29) is 18.7 Å². The Morgan fingerprint density at radius 2 is 2.10 bits per heavy atom. The maximum atomic E-state index is 13.6. The number of piperazine rings is 1. The Labute approximate surface area is 119 Å². The van der Waals surface area contributed by atoms with Crippen LogP contribution in [-0.4, -0.2) is 41.6 Å². The second kappa shape index (κ2) is 6.09. The summed E-state index contributed by atoms with van der Waals surface area (Å²) in [6, 6.07) is 1.96. The molecule has 5 nitrogen and oxygen atoms in total. The average Bonchev–Trinajstić information content (AvgIpc) is 2.41. The lowest BCUT2D eigenvalue weighted by atomic mass is 10.1. The summed E-state index contributed by atoms with van der Waals surface area (Å²) in [5, 5.41) is 2.18. The molecule has 1 N–H and O–H groups in total. The van der Waals surface area contributed by atoms with Crippen molar-refractivity contribution in [2.45, 2.75) is 19.4 Å². The zero-order valence-corrected chi connectivity index (χ0v) is 11.4. The van der Waals surface area contributed by atoms with Crippen LogP contribution >= 0.6 is 0 Å². The molecule has 1 unspecified atom stereocenters. The number of nitrogens with one attached hydrogen (secondary N) is 1. The smallest absolute Gasteiger partial charge is 0.243 e. The van der Waals surface area contributed by atoms with Crippen LogP contribution in [0.3, 0.4) is 0 Å². The van der Waals surface area contributed by atoms with Gasteiger partial charge < -0.3 is 0 Å². The average molecular weight is 296 g/mol. The summed E-state index contributed by atoms with van der Waals surface area (Å²) in [4.78, 5) is 36.5. The van der Waals surface area contributed by atoms with Crippen molar-refractivity contribution in [3.63, 3.8) is 0 Å². The van der Waals surface area contributed by atoms with E-state index >= 15 is 0 Å². The number of halogens is 2. The van der Waals surface area contributed by atoms with Gasteiger partial charge in [0, 0.05) is 0 Å². The molecule has 7 heteroatoms. The van der Waals surface area contributed by atoms with Crippen molar-refractivity contribution in [2.24, 2.45) is 0 Å². The van der Waals surface area contributed by atoms with Gasteiger partial charge in [0.2, 0.25) is 11.8 Å². The summed E-state index contributed by atoms with van der Waals surface area (Å²) in [5.74, 6) is -3.23. The van der Waals surface area contributed by atoms with Crippen LogP contribution in [0.5, 0.6) is 0 Å². The number of hydrogen-bond acceptors (Lipinski definition) is 4. The molecule has 0 saturated carbocycles. The number of carbonyl (C=O) groups is 3. The molecule has 21 heavy (non-hydrogen) atoms. The highest BCUT2D eigenvalue weighted by Crippen LogP contribution is 2.14. The van der Waals surface area contributed by atoms with E-state index in [2.05, 4.69) is 5.32 Å². The number of amides is 2. The van der Waals surface area contributed by atoms with E-state index in [0.29, 0.717) is 6.42 Å². The van der Waals surface area contributed by atoms with Crippen molar-refractivity contribution in [1.82, 2.24) is 10.2 Å². The predicted octanol–water partition coefficient (Wildman–Crippen LogP) is 0.884. The zero-order chi connectivity index (χ0) is 15.6. The molecule has 1 aliphatic heterocycles. The first-order valence-electron chi connectivity index (χ1n) is 6.48. The highest BCUT2D eigenvalue weighted by Gasteiger charge is 2.33. The van der Waals surface area contributed by atoms with Gasteiger partial charge in [0.25, 0.3) is 0 Å². The van der Waals surface area contributed by atoms with Crippen LogP contribution in [0, 0.1) is 11.6 Å². The highest BCUT2D eigenvalue weighted by atomic mass is 19.1. The number of hydrogen-bond donors (Lipinski definition) is 1. The fourth-order valence-corrected chi connectivity index (χ4v) is 2.31. The van der Waals surface area contributed by atoms with Gasteiger partial charge in [0.1, 0.15) is 11.6 Å². The third-order valence-electron chi connectivity index (χ3n) is 3.31. The molecule has 0 aromatic heterocycles. The van der Waals surface area contributed by atoms with Crippen LogP contribution in [0.1, 0.15) is 23.7 Å². The maximum absolute atomic E-state index is 13.6. The Morgan fingerprint density at radius 1 is 1.38 bits per heavy atom. The summed E-state index contributed by atoms with van der Waals surface area (Å²) in [7, 11) is 0. The number of ketones is 1. The number of imide groups is 1. The standard InChI is InChI=1S/C14H14F2N2O3/c1-2-11-14(21)17-13(20)7-18(11)6-12(19)9-5-8(15)3-4-10(9)16/h3-5,11H,2,6-7H2,1H3,(H,17,20,21). The number of rotatable bonds is 4. The largest absolute Gasteiger partial charge is 0.294 e. The van der Waals surface area contributed by atoms with Gasteiger partial charge in [-0.2, -0.15) is 0 Å². The Balaban J connectivity index is 2.19. The van der Waals surface area contributed by atoms with Crippen LogP contribution < -0.4 is 5.32 Å². The second-order valence-corrected chi connectivity index (χ2v) is 4.79. The molecule has 0 bridgehead atoms. The topological polar surface area (TPSA) is 66.5 Å². The summed E-state index contributed by atoms with van der Waals surface area (Å²) >= 11 is 0. The molecule has 1 heterocycles. The number of carbonyl (C=O) groups excluding carboxylic acids is 3. The van der Waals surface area contributed by atoms with Crippen molar-refractivity contribution in [1.29, 1.82) is 0 Å². The molecular formula is C14H14F2N2O3. The third kappa shape index (κ3) is 3.30. The normalized spacial score (nSPS) is 19.5. The first-order valence-corrected chi connectivity index (χ1v) is 6.48. The lowest BCUT2D eigenvalue weighted by molar-refractivity contribution is -0.139. The van der Waals surface area contributed by atoms with Gasteiger partial charge in [-0.15, -0.1) is 0 Å². The van der Waals surface area contributed by atoms with Crippen molar-refractivity contribution in [3.05, 3.63) is 35.4 Å². The van der Waals surface area contributed by atoms with Crippen LogP contribution in [0.25, 0.3) is 0 Å². The molecule has 2 rings (SSSR count). The first-order chi connectivity index (χ1) is 9.92. The highest BCUT2D eigenvalue weighted by molar-refractivity contribution is 6.03. The van der Waals surface area contributed by atoms with Gasteiger partial charge in [-0.05, 0) is 24.6 Å². The lowest BCUT2D eigenvalue weighted by Crippen LogP contribution is -2.58. The Kier molecular flexibility index (Phi) is 4.42. The minimum atomic E-state index is -0.831. The monoisotopic (exact) mass is 296 g/mol. The molecule has 1 fully saturated rings. The predicted molar refractivity (Wildman–Crippen MR) is 69.5 cm³/mol. The molecule has 0 aliphatic carbocycles. The van der Waals surface area contributed by atoms with E-state index in [9.17, 15) is 23.2 Å². The molecule has 1 aromatic carbocycles. The molecule has 112 valence electrons. The van der Waals surface area contributed by atoms with Crippen molar-refractivity contribution < 1.29 is 23.2 Å². The van der Waals surface area contributed by atoms with Gasteiger partial charge in [0.05, 0.1) is 24.7 Å². The van der Waals surface area contributed by atoms with E-state index < -0.39 is 35.3 Å². The van der Waals surface area contributed by atoms with Gasteiger partial charge in [0.15, 0.2) is 5.78 Å². The van der Waals surface area contributed by atoms with Gasteiger partial charge in [-0.1, -0.05) is 6.92 Å². The van der Waals surface area contributed by atoms with E-state index in [0.717, 1.165) is 18.2 Å². The molecule has 1 aliphatic rings. The Hall–Kier alpha value is -2.15. The zero-order valence-electron chi connectivity index (χ0n) is 11.4. The summed E-state index contributed by atoms with van der Waals surface area (Å²) in [5.41, 5.74) is -0.386. The molecule has 2 amide bonds. The van der Waals surface area contributed by atoms with E-state index in [1.165, 1.54) is 4.90 Å². The second-order valence-electron chi connectivity index (χ2n) is 4.79.